The molecule has 0 atom stereocenters. The van der Waals surface area contributed by atoms with Crippen molar-refractivity contribution in [2.24, 2.45) is 0 Å². The smallest absolute Gasteiger partial charge is 0.385 e. The summed E-state index contributed by atoms with van der Waals surface area (Å²) in [6.07, 6.45) is -2.04. The second kappa shape index (κ2) is 10.4. The van der Waals surface area contributed by atoms with Gasteiger partial charge in [-0.3, -0.25) is 9.78 Å². The van der Waals surface area contributed by atoms with Gasteiger partial charge in [0, 0.05) is 41.8 Å². The number of anilines is 2. The molecular formula is C28H24F3N3O. The number of nitrogens with zero attached hydrogens (tertiary/aromatic N) is 1. The maximum atomic E-state index is 13.4. The Morgan fingerprint density at radius 3 is 2.37 bits per heavy atom. The van der Waals surface area contributed by atoms with Crippen molar-refractivity contribution in [2.45, 2.75) is 19.5 Å². The minimum atomic E-state index is -4.55. The number of alkyl halides is 3. The molecule has 1 amide bonds. The number of rotatable bonds is 7. The van der Waals surface area contributed by atoms with E-state index < -0.39 is 17.6 Å². The van der Waals surface area contributed by atoms with Crippen LogP contribution < -0.4 is 10.6 Å². The number of hydrogen-bond donors (Lipinski definition) is 2. The summed E-state index contributed by atoms with van der Waals surface area (Å²) in [5, 5.41) is 6.10. The minimum Gasteiger partial charge on any atom is -0.385 e. The second-order valence-corrected chi connectivity index (χ2v) is 8.11. The minimum absolute atomic E-state index is 0.0389. The van der Waals surface area contributed by atoms with Crippen LogP contribution in [0.2, 0.25) is 0 Å². The molecule has 0 saturated heterocycles. The number of benzene rings is 3. The third-order valence-electron chi connectivity index (χ3n) is 5.59. The van der Waals surface area contributed by atoms with E-state index in [9.17, 15) is 18.0 Å². The Hall–Kier alpha value is -4.13. The number of nitrogens with one attached hydrogen (secondary N) is 2. The van der Waals surface area contributed by atoms with E-state index in [1.54, 1.807) is 36.5 Å². The van der Waals surface area contributed by atoms with E-state index in [1.807, 2.05) is 43.3 Å². The predicted octanol–water partition coefficient (Wildman–Crippen LogP) is 6.98. The fraction of sp³-hybridized carbons (Fsp3) is 0.143. The van der Waals surface area contributed by atoms with Crippen molar-refractivity contribution in [3.05, 3.63) is 114 Å². The van der Waals surface area contributed by atoms with Gasteiger partial charge >= 0.3 is 6.18 Å². The molecule has 0 saturated carbocycles. The summed E-state index contributed by atoms with van der Waals surface area (Å²) in [6.45, 7) is 2.52. The molecule has 0 aliphatic rings. The van der Waals surface area contributed by atoms with E-state index in [1.165, 1.54) is 6.07 Å². The summed E-state index contributed by atoms with van der Waals surface area (Å²) in [5.41, 5.74) is 3.36. The van der Waals surface area contributed by atoms with Crippen LogP contribution in [-0.4, -0.2) is 17.4 Å². The monoisotopic (exact) mass is 475 g/mol. The molecule has 0 spiro atoms. The standard InChI is InChI=1S/C28H24F3N3O/c1-19-17-23(33-16-14-22-9-5-6-15-32-22)11-13-26(19)34-27(35)25-18-21(28(29,30)31)10-12-24(25)20-7-3-2-4-8-20/h2-13,15,17-18,33H,14,16H2,1H3,(H,34,35). The molecule has 0 radical (unpaired) electrons. The predicted molar refractivity (Wildman–Crippen MR) is 132 cm³/mol. The molecule has 4 aromatic rings. The van der Waals surface area contributed by atoms with E-state index in [-0.39, 0.29) is 5.56 Å². The summed E-state index contributed by atoms with van der Waals surface area (Å²) in [5.74, 6) is -0.603. The van der Waals surface area contributed by atoms with Gasteiger partial charge in [-0.15, -0.1) is 0 Å². The first-order valence-corrected chi connectivity index (χ1v) is 11.1. The van der Waals surface area contributed by atoms with Crippen LogP contribution in [0.4, 0.5) is 24.5 Å². The van der Waals surface area contributed by atoms with Crippen molar-refractivity contribution in [2.75, 3.05) is 17.2 Å². The third-order valence-corrected chi connectivity index (χ3v) is 5.59. The molecular weight excluding hydrogens is 451 g/mol. The van der Waals surface area contributed by atoms with Gasteiger partial charge in [0.15, 0.2) is 0 Å². The molecule has 1 heterocycles. The number of aryl methyl sites for hydroxylation is 1. The molecule has 1 aromatic heterocycles. The number of pyridine rings is 1. The summed E-state index contributed by atoms with van der Waals surface area (Å²) in [4.78, 5) is 17.4. The highest BCUT2D eigenvalue weighted by Crippen LogP contribution is 2.34. The first kappa shape index (κ1) is 24.0. The highest BCUT2D eigenvalue weighted by molar-refractivity contribution is 6.09. The molecule has 2 N–H and O–H groups in total. The highest BCUT2D eigenvalue weighted by atomic mass is 19.4. The average molecular weight is 476 g/mol. The molecule has 0 aliphatic heterocycles. The van der Waals surface area contributed by atoms with Crippen LogP contribution in [0.15, 0.2) is 91.1 Å². The van der Waals surface area contributed by atoms with E-state index in [0.717, 1.165) is 35.5 Å². The Balaban J connectivity index is 1.52. The Kier molecular flexibility index (Phi) is 7.15. The van der Waals surface area contributed by atoms with Crippen LogP contribution >= 0.6 is 0 Å². The fourth-order valence-corrected chi connectivity index (χ4v) is 3.76. The van der Waals surface area contributed by atoms with Gasteiger partial charge in [0.2, 0.25) is 0 Å². The quantitative estimate of drug-likeness (QED) is 0.303. The lowest BCUT2D eigenvalue weighted by Gasteiger charge is -2.16. The van der Waals surface area contributed by atoms with Gasteiger partial charge < -0.3 is 10.6 Å². The van der Waals surface area contributed by atoms with Gasteiger partial charge in [-0.05, 0) is 66.1 Å². The molecule has 35 heavy (non-hydrogen) atoms. The van der Waals surface area contributed by atoms with E-state index in [4.69, 9.17) is 0 Å². The first-order chi connectivity index (χ1) is 16.8. The second-order valence-electron chi connectivity index (χ2n) is 8.11. The van der Waals surface area contributed by atoms with E-state index >= 15 is 0 Å². The van der Waals surface area contributed by atoms with Crippen molar-refractivity contribution in [3.63, 3.8) is 0 Å². The molecule has 0 bridgehead atoms. The SMILES string of the molecule is Cc1cc(NCCc2ccccn2)ccc1NC(=O)c1cc(C(F)(F)F)ccc1-c1ccccc1. The zero-order valence-electron chi connectivity index (χ0n) is 19.1. The third kappa shape index (κ3) is 6.06. The van der Waals surface area contributed by atoms with E-state index in [0.29, 0.717) is 23.4 Å². The van der Waals surface area contributed by atoms with Crippen molar-refractivity contribution in [1.29, 1.82) is 0 Å². The van der Waals surface area contributed by atoms with E-state index in [2.05, 4.69) is 15.6 Å². The topological polar surface area (TPSA) is 54.0 Å². The highest BCUT2D eigenvalue weighted by Gasteiger charge is 2.32. The zero-order chi connectivity index (χ0) is 24.8. The molecule has 4 rings (SSSR count). The van der Waals surface area contributed by atoms with Crippen LogP contribution in [0.25, 0.3) is 11.1 Å². The Morgan fingerprint density at radius 1 is 0.914 bits per heavy atom. The van der Waals surface area contributed by atoms with Crippen LogP contribution in [0, 0.1) is 6.92 Å². The maximum Gasteiger partial charge on any atom is 0.416 e. The van der Waals surface area contributed by atoms with Crippen molar-refractivity contribution >= 4 is 17.3 Å². The molecule has 4 nitrogen and oxygen atoms in total. The number of carbonyl (C=O) groups is 1. The molecule has 0 fully saturated rings. The van der Waals surface area contributed by atoms with Gasteiger partial charge in [-0.25, -0.2) is 0 Å². The van der Waals surface area contributed by atoms with Crippen LogP contribution in [-0.2, 0) is 12.6 Å². The number of aromatic nitrogens is 1. The summed E-state index contributed by atoms with van der Waals surface area (Å²) < 4.78 is 40.1. The molecule has 7 heteroatoms. The molecule has 0 unspecified atom stereocenters. The Labute approximate surface area is 201 Å². The van der Waals surface area contributed by atoms with Crippen LogP contribution in [0.3, 0.4) is 0 Å². The number of carbonyl (C=O) groups excluding carboxylic acids is 1. The van der Waals surface area contributed by atoms with Crippen molar-refractivity contribution in [1.82, 2.24) is 4.98 Å². The Bertz CT molecular complexity index is 1310. The number of halogens is 3. The van der Waals surface area contributed by atoms with Gasteiger partial charge in [0.05, 0.1) is 5.56 Å². The molecule has 3 aromatic carbocycles. The van der Waals surface area contributed by atoms with Crippen molar-refractivity contribution in [3.8, 4) is 11.1 Å². The maximum absolute atomic E-state index is 13.4. The summed E-state index contributed by atoms with van der Waals surface area (Å²) >= 11 is 0. The lowest BCUT2D eigenvalue weighted by molar-refractivity contribution is -0.137. The van der Waals surface area contributed by atoms with Crippen LogP contribution in [0.5, 0.6) is 0 Å². The molecule has 178 valence electrons. The van der Waals surface area contributed by atoms with Gasteiger partial charge in [-0.2, -0.15) is 13.2 Å². The molecule has 0 aliphatic carbocycles. The Morgan fingerprint density at radius 2 is 1.69 bits per heavy atom. The normalized spacial score (nSPS) is 11.2. The first-order valence-electron chi connectivity index (χ1n) is 11.1. The van der Waals surface area contributed by atoms with Gasteiger partial charge in [0.25, 0.3) is 5.91 Å². The zero-order valence-corrected chi connectivity index (χ0v) is 19.1. The van der Waals surface area contributed by atoms with Gasteiger partial charge in [-0.1, -0.05) is 42.5 Å². The number of amides is 1. The summed E-state index contributed by atoms with van der Waals surface area (Å²) in [6, 6.07) is 23.3. The number of hydrogen-bond acceptors (Lipinski definition) is 3. The largest absolute Gasteiger partial charge is 0.416 e. The van der Waals surface area contributed by atoms with Crippen molar-refractivity contribution < 1.29 is 18.0 Å². The lowest BCUT2D eigenvalue weighted by atomic mass is 9.96. The van der Waals surface area contributed by atoms with Gasteiger partial charge in [0.1, 0.15) is 0 Å². The average Bonchev–Trinajstić information content (AvgIpc) is 2.86. The lowest BCUT2D eigenvalue weighted by Crippen LogP contribution is -2.16. The summed E-state index contributed by atoms with van der Waals surface area (Å²) in [7, 11) is 0. The fourth-order valence-electron chi connectivity index (χ4n) is 3.76. The van der Waals surface area contributed by atoms with Crippen LogP contribution in [0.1, 0.15) is 27.2 Å².